The van der Waals surface area contributed by atoms with Gasteiger partial charge in [-0.2, -0.15) is 0 Å². The molecular formula is C55H80N14O16. The molecule has 3 heterocycles. The number of carboxylic acids is 4. The van der Waals surface area contributed by atoms with Crippen molar-refractivity contribution in [2.75, 3.05) is 145 Å². The van der Waals surface area contributed by atoms with Crippen LogP contribution in [0.3, 0.4) is 0 Å². The van der Waals surface area contributed by atoms with E-state index in [0.29, 0.717) is 50.5 Å². The third-order valence-electron chi connectivity index (χ3n) is 14.4. The lowest BCUT2D eigenvalue weighted by molar-refractivity contribution is -0.141. The fourth-order valence-electron chi connectivity index (χ4n) is 9.74. The number of aliphatic carboxylic acids is 4. The van der Waals surface area contributed by atoms with Gasteiger partial charge in [0, 0.05) is 137 Å². The SMILES string of the molecule is CCNC(=O)c1nnc(-c2cc(C(C)C)c(O)cc2O)n1-c1ccc(CN2CCN(C(=O)CCNC(=O)CN(C)C(=O)[C@@H](CCC(=O)O)NC(=O)CN(C)C(=O)CN3CCN(CC(=O)O)CCN(CC(=O)O)CCN(CC(=O)O)CC3)CC2)cc1. The van der Waals surface area contributed by atoms with Crippen molar-refractivity contribution >= 4 is 59.3 Å². The van der Waals surface area contributed by atoms with Gasteiger partial charge in [0.2, 0.25) is 35.4 Å². The minimum atomic E-state index is -1.40. The smallest absolute Gasteiger partial charge is 0.317 e. The molecule has 0 radical (unpaired) electrons. The van der Waals surface area contributed by atoms with Crippen LogP contribution in [-0.2, 0) is 49.7 Å². The first kappa shape index (κ1) is 67.5. The lowest BCUT2D eigenvalue weighted by atomic mass is 9.98. The van der Waals surface area contributed by atoms with Crippen LogP contribution in [0.4, 0.5) is 0 Å². The zero-order chi connectivity index (χ0) is 62.5. The number of rotatable bonds is 27. The van der Waals surface area contributed by atoms with Crippen molar-refractivity contribution in [1.29, 1.82) is 0 Å². The molecule has 0 spiro atoms. The maximum atomic E-state index is 13.6. The predicted molar refractivity (Wildman–Crippen MR) is 304 cm³/mol. The van der Waals surface area contributed by atoms with Gasteiger partial charge in [0.05, 0.1) is 44.8 Å². The van der Waals surface area contributed by atoms with E-state index in [2.05, 4.69) is 31.0 Å². The second kappa shape index (κ2) is 32.7. The molecule has 6 amide bonds. The van der Waals surface area contributed by atoms with Gasteiger partial charge in [0.15, 0.2) is 5.82 Å². The number of benzene rings is 2. The molecule has 2 aromatic carbocycles. The molecule has 0 bridgehead atoms. The Morgan fingerprint density at radius 3 is 1.62 bits per heavy atom. The Balaban J connectivity index is 1.09. The quantitative estimate of drug-likeness (QED) is 0.0403. The molecule has 1 aromatic heterocycles. The summed E-state index contributed by atoms with van der Waals surface area (Å²) in [6.07, 6.45) is -0.901. The number of phenols is 2. The number of carbonyl (C=O) groups is 10. The number of amides is 6. The second-order valence-corrected chi connectivity index (χ2v) is 21.3. The lowest BCUT2D eigenvalue weighted by Crippen LogP contribution is -2.53. The fraction of sp³-hybridized carbons (Fsp3) is 0.564. The van der Waals surface area contributed by atoms with Gasteiger partial charge in [0.25, 0.3) is 5.91 Å². The molecule has 85 heavy (non-hydrogen) atoms. The molecular weight excluding hydrogens is 1110 g/mol. The number of hydrogen-bond donors (Lipinski definition) is 9. The van der Waals surface area contributed by atoms with E-state index < -0.39 is 79.0 Å². The van der Waals surface area contributed by atoms with Crippen LogP contribution in [0.5, 0.6) is 11.5 Å². The van der Waals surface area contributed by atoms with Crippen molar-refractivity contribution in [3.05, 3.63) is 53.3 Å². The molecule has 2 aliphatic heterocycles. The lowest BCUT2D eigenvalue weighted by Gasteiger charge is -2.35. The third kappa shape index (κ3) is 21.4. The Morgan fingerprint density at radius 1 is 0.600 bits per heavy atom. The minimum Gasteiger partial charge on any atom is -0.508 e. The average Bonchev–Trinajstić information content (AvgIpc) is 3.51. The summed E-state index contributed by atoms with van der Waals surface area (Å²) in [6.45, 7) is 7.32. The maximum Gasteiger partial charge on any atom is 0.317 e. The Bertz CT molecular complexity index is 2810. The highest BCUT2D eigenvalue weighted by Gasteiger charge is 2.30. The number of carbonyl (C=O) groups excluding carboxylic acids is 6. The molecule has 5 rings (SSSR count). The second-order valence-electron chi connectivity index (χ2n) is 21.3. The summed E-state index contributed by atoms with van der Waals surface area (Å²) in [4.78, 5) is 139. The highest BCUT2D eigenvalue weighted by molar-refractivity contribution is 5.93. The van der Waals surface area contributed by atoms with E-state index in [-0.39, 0.29) is 138 Å². The van der Waals surface area contributed by atoms with E-state index >= 15 is 0 Å². The van der Waals surface area contributed by atoms with E-state index in [0.717, 1.165) is 15.4 Å². The van der Waals surface area contributed by atoms with Crippen LogP contribution in [0.1, 0.15) is 67.7 Å². The van der Waals surface area contributed by atoms with Crippen LogP contribution in [-0.4, -0.2) is 295 Å². The van der Waals surface area contributed by atoms with Gasteiger partial charge in [-0.15, -0.1) is 10.2 Å². The molecule has 0 saturated carbocycles. The van der Waals surface area contributed by atoms with Crippen LogP contribution >= 0.6 is 0 Å². The molecule has 0 unspecified atom stereocenters. The number of hydrogen-bond acceptors (Lipinski definition) is 19. The molecule has 1 atom stereocenters. The molecule has 3 aromatic rings. The monoisotopic (exact) mass is 1190 g/mol. The first-order valence-electron chi connectivity index (χ1n) is 28.0. The molecule has 30 heteroatoms. The molecule has 2 saturated heterocycles. The van der Waals surface area contributed by atoms with Crippen molar-refractivity contribution < 1.29 is 78.6 Å². The first-order chi connectivity index (χ1) is 40.3. The number of carboxylic acid groups (broad SMARTS) is 4. The van der Waals surface area contributed by atoms with Crippen LogP contribution in [0, 0.1) is 0 Å². The van der Waals surface area contributed by atoms with Crippen LogP contribution < -0.4 is 16.0 Å². The van der Waals surface area contributed by atoms with Crippen molar-refractivity contribution in [2.45, 2.75) is 58.5 Å². The molecule has 466 valence electrons. The van der Waals surface area contributed by atoms with E-state index in [4.69, 9.17) is 0 Å². The number of phenolic OH excluding ortho intramolecular Hbond substituents is 2. The summed E-state index contributed by atoms with van der Waals surface area (Å²) in [5, 5.41) is 75.6. The van der Waals surface area contributed by atoms with E-state index in [9.17, 15) is 78.6 Å². The highest BCUT2D eigenvalue weighted by atomic mass is 16.4. The zero-order valence-electron chi connectivity index (χ0n) is 48.8. The summed E-state index contributed by atoms with van der Waals surface area (Å²) in [7, 11) is 2.63. The molecule has 2 aliphatic rings. The average molecular weight is 1190 g/mol. The molecule has 2 fully saturated rings. The largest absolute Gasteiger partial charge is 0.508 e. The van der Waals surface area contributed by atoms with E-state index in [1.165, 1.54) is 20.2 Å². The summed E-state index contributed by atoms with van der Waals surface area (Å²) in [5.74, 6) is -8.18. The Kier molecular flexibility index (Phi) is 25.9. The maximum absolute atomic E-state index is 13.6. The van der Waals surface area contributed by atoms with Gasteiger partial charge in [-0.1, -0.05) is 26.0 Å². The predicted octanol–water partition coefficient (Wildman–Crippen LogP) is -1.89. The summed E-state index contributed by atoms with van der Waals surface area (Å²) in [6, 6.07) is 8.90. The molecule has 9 N–H and O–H groups in total. The number of aromatic nitrogens is 3. The van der Waals surface area contributed by atoms with Gasteiger partial charge in [-0.3, -0.25) is 77.0 Å². The van der Waals surface area contributed by atoms with Crippen LogP contribution in [0.2, 0.25) is 0 Å². The summed E-state index contributed by atoms with van der Waals surface area (Å²) < 4.78 is 1.55. The highest BCUT2D eigenvalue weighted by Crippen LogP contribution is 2.38. The van der Waals surface area contributed by atoms with Gasteiger partial charge in [0.1, 0.15) is 17.5 Å². The fourth-order valence-corrected chi connectivity index (χ4v) is 9.74. The first-order valence-corrected chi connectivity index (χ1v) is 28.0. The normalized spacial score (nSPS) is 15.7. The van der Waals surface area contributed by atoms with E-state index in [1.54, 1.807) is 42.1 Å². The Labute approximate surface area is 491 Å². The van der Waals surface area contributed by atoms with Crippen molar-refractivity contribution in [2.24, 2.45) is 0 Å². The van der Waals surface area contributed by atoms with Gasteiger partial charge in [-0.25, -0.2) is 0 Å². The van der Waals surface area contributed by atoms with E-state index in [1.807, 2.05) is 38.1 Å². The Morgan fingerprint density at radius 2 is 1.12 bits per heavy atom. The molecule has 0 aliphatic carbocycles. The number of aromatic hydroxyl groups is 2. The molecule has 30 nitrogen and oxygen atoms in total. The number of piperazine rings is 1. The van der Waals surface area contributed by atoms with Crippen LogP contribution in [0.15, 0.2) is 36.4 Å². The number of nitrogens with zero attached hydrogens (tertiary/aromatic N) is 11. The van der Waals surface area contributed by atoms with Crippen molar-refractivity contribution in [1.82, 2.24) is 69.9 Å². The van der Waals surface area contributed by atoms with Crippen LogP contribution in [0.25, 0.3) is 17.1 Å². The van der Waals surface area contributed by atoms with Gasteiger partial charge < -0.3 is 61.3 Å². The topological polar surface area (TPSA) is 385 Å². The summed E-state index contributed by atoms with van der Waals surface area (Å²) in [5.41, 5.74) is 2.38. The number of likely N-dealkylation sites (N-methyl/N-ethyl adjacent to an activating group) is 2. The minimum absolute atomic E-state index is 0.00706. The standard InChI is InChI=1S/C55H80N14O16/c1-6-56-54(84)53-60-59-52(40-27-39(36(2)3)42(70)28-43(40)71)69(53)38-9-7-37(8-10-38)29-63-23-25-68(26-24-63)46(74)13-14-57-44(72)30-62(5)55(85)41(11-12-48(76)77)58-45(73)31-61(4)47(75)32-64-15-17-65(33-49(78)79)19-21-67(35-51(82)83)22-20-66(18-16-64)34-50(80)81/h7-10,27-28,36,41,70-71H,6,11-26,29-35H2,1-5H3,(H,56,84)(H,57,72)(H,58,73)(H,76,77)(H,78,79)(H,80,81)(H,82,83)/t41-/m1/s1. The third-order valence-corrected chi connectivity index (χ3v) is 14.4. The zero-order valence-corrected chi connectivity index (χ0v) is 48.8. The van der Waals surface area contributed by atoms with Crippen molar-refractivity contribution in [3.63, 3.8) is 0 Å². The van der Waals surface area contributed by atoms with Gasteiger partial charge in [-0.05, 0) is 48.6 Å². The van der Waals surface area contributed by atoms with Crippen molar-refractivity contribution in [3.8, 4) is 28.6 Å². The number of nitrogens with one attached hydrogen (secondary N) is 3. The Hall–Kier alpha value is -8.32. The summed E-state index contributed by atoms with van der Waals surface area (Å²) >= 11 is 0. The van der Waals surface area contributed by atoms with Gasteiger partial charge >= 0.3 is 23.9 Å².